The molecule has 0 spiro atoms. The van der Waals surface area contributed by atoms with Gasteiger partial charge in [0.05, 0.1) is 6.10 Å². The number of hydrogen-bond acceptors (Lipinski definition) is 3. The van der Waals surface area contributed by atoms with Gasteiger partial charge in [-0.25, -0.2) is 4.98 Å². The van der Waals surface area contributed by atoms with Gasteiger partial charge in [0.2, 0.25) is 0 Å². The summed E-state index contributed by atoms with van der Waals surface area (Å²) >= 11 is 5.83. The molecule has 0 aromatic carbocycles. The van der Waals surface area contributed by atoms with E-state index in [1.54, 1.807) is 6.20 Å². The number of aromatic nitrogens is 1. The van der Waals surface area contributed by atoms with Gasteiger partial charge in [-0.3, -0.25) is 0 Å². The maximum atomic E-state index is 9.21. The smallest absolute Gasteiger partial charge is 0.129 e. The van der Waals surface area contributed by atoms with Gasteiger partial charge in [0.1, 0.15) is 5.15 Å². The van der Waals surface area contributed by atoms with Crippen LogP contribution in [0.15, 0.2) is 18.3 Å². The Balaban J connectivity index is 1.80. The van der Waals surface area contributed by atoms with Crippen LogP contribution in [0.4, 0.5) is 0 Å². The summed E-state index contributed by atoms with van der Waals surface area (Å²) in [4.78, 5) is 6.23. The summed E-state index contributed by atoms with van der Waals surface area (Å²) in [6.07, 6.45) is 3.57. The van der Waals surface area contributed by atoms with E-state index in [1.807, 2.05) is 12.1 Å². The van der Waals surface area contributed by atoms with Crippen molar-refractivity contribution in [3.05, 3.63) is 29.0 Å². The molecule has 16 heavy (non-hydrogen) atoms. The second-order valence-corrected chi connectivity index (χ2v) is 5.06. The molecule has 0 bridgehead atoms. The molecular formula is C12H17ClN2O. The van der Waals surface area contributed by atoms with Crippen LogP contribution in [0.5, 0.6) is 0 Å². The van der Waals surface area contributed by atoms with Gasteiger partial charge < -0.3 is 10.0 Å². The summed E-state index contributed by atoms with van der Waals surface area (Å²) in [7, 11) is 2.10. The molecular weight excluding hydrogens is 224 g/mol. The van der Waals surface area contributed by atoms with E-state index in [1.165, 1.54) is 5.56 Å². The third-order valence-corrected chi connectivity index (χ3v) is 3.23. The topological polar surface area (TPSA) is 36.4 Å². The highest BCUT2D eigenvalue weighted by molar-refractivity contribution is 6.29. The van der Waals surface area contributed by atoms with Crippen molar-refractivity contribution >= 4 is 11.6 Å². The third-order valence-electron chi connectivity index (χ3n) is 3.02. The van der Waals surface area contributed by atoms with Gasteiger partial charge >= 0.3 is 0 Å². The summed E-state index contributed by atoms with van der Waals surface area (Å²) in [5, 5.41) is 9.76. The molecule has 0 aliphatic heterocycles. The van der Waals surface area contributed by atoms with Gasteiger partial charge in [0.25, 0.3) is 0 Å². The lowest BCUT2D eigenvalue weighted by Crippen LogP contribution is -2.36. The normalized spacial score (nSPS) is 24.5. The number of aliphatic hydroxyl groups is 1. The molecule has 1 N–H and O–H groups in total. The highest BCUT2D eigenvalue weighted by Gasteiger charge is 2.27. The maximum Gasteiger partial charge on any atom is 0.129 e. The Morgan fingerprint density at radius 3 is 2.94 bits per heavy atom. The first-order chi connectivity index (χ1) is 7.63. The fourth-order valence-electron chi connectivity index (χ4n) is 2.21. The van der Waals surface area contributed by atoms with Crippen molar-refractivity contribution in [3.8, 4) is 0 Å². The average molecular weight is 241 g/mol. The van der Waals surface area contributed by atoms with Crippen LogP contribution in [-0.2, 0) is 6.54 Å². The first-order valence-electron chi connectivity index (χ1n) is 5.60. The fraction of sp³-hybridized carbons (Fsp3) is 0.583. The van der Waals surface area contributed by atoms with E-state index in [2.05, 4.69) is 16.9 Å². The molecule has 1 heterocycles. The standard InChI is InChI=1S/C12H17ClN2O/c1-15(8-10-4-11(16)5-10)7-9-2-3-14-12(13)6-9/h2-3,6,10-11,16H,4-5,7-8H2,1H3. The molecule has 1 aromatic rings. The molecule has 1 saturated carbocycles. The Bertz CT molecular complexity index is 353. The number of halogens is 1. The molecule has 2 rings (SSSR count). The molecule has 88 valence electrons. The zero-order chi connectivity index (χ0) is 11.5. The van der Waals surface area contributed by atoms with Crippen molar-refractivity contribution in [1.29, 1.82) is 0 Å². The molecule has 1 aliphatic carbocycles. The molecule has 0 amide bonds. The van der Waals surface area contributed by atoms with Crippen molar-refractivity contribution < 1.29 is 5.11 Å². The van der Waals surface area contributed by atoms with Crippen LogP contribution in [0.2, 0.25) is 5.15 Å². The maximum absolute atomic E-state index is 9.21. The summed E-state index contributed by atoms with van der Waals surface area (Å²) in [5.41, 5.74) is 1.18. The molecule has 3 nitrogen and oxygen atoms in total. The van der Waals surface area contributed by atoms with Crippen molar-refractivity contribution in [2.45, 2.75) is 25.5 Å². The van der Waals surface area contributed by atoms with Crippen molar-refractivity contribution in [2.24, 2.45) is 5.92 Å². The van der Waals surface area contributed by atoms with Gasteiger partial charge in [0.15, 0.2) is 0 Å². The Labute approximate surface area is 101 Å². The number of aliphatic hydroxyl groups excluding tert-OH is 1. The molecule has 0 saturated heterocycles. The molecule has 0 atom stereocenters. The summed E-state index contributed by atoms with van der Waals surface area (Å²) in [6.45, 7) is 1.92. The van der Waals surface area contributed by atoms with Crippen molar-refractivity contribution in [1.82, 2.24) is 9.88 Å². The summed E-state index contributed by atoms with van der Waals surface area (Å²) < 4.78 is 0. The minimum atomic E-state index is -0.0613. The number of rotatable bonds is 4. The van der Waals surface area contributed by atoms with Gasteiger partial charge in [-0.2, -0.15) is 0 Å². The van der Waals surface area contributed by atoms with Gasteiger partial charge in [0, 0.05) is 19.3 Å². The Morgan fingerprint density at radius 2 is 2.31 bits per heavy atom. The van der Waals surface area contributed by atoms with Crippen LogP contribution in [0.3, 0.4) is 0 Å². The Hall–Kier alpha value is -0.640. The quantitative estimate of drug-likeness (QED) is 0.818. The lowest BCUT2D eigenvalue weighted by molar-refractivity contribution is 0.0274. The minimum Gasteiger partial charge on any atom is -0.393 e. The summed E-state index contributed by atoms with van der Waals surface area (Å²) in [5.74, 6) is 0.650. The SMILES string of the molecule is CN(Cc1ccnc(Cl)c1)CC1CC(O)C1. The third kappa shape index (κ3) is 3.17. The van der Waals surface area contributed by atoms with Crippen LogP contribution in [0.25, 0.3) is 0 Å². The Kier molecular flexibility index (Phi) is 3.79. The van der Waals surface area contributed by atoms with Crippen LogP contribution >= 0.6 is 11.6 Å². The van der Waals surface area contributed by atoms with Gasteiger partial charge in [-0.1, -0.05) is 11.6 Å². The zero-order valence-electron chi connectivity index (χ0n) is 9.43. The molecule has 1 fully saturated rings. The van der Waals surface area contributed by atoms with E-state index >= 15 is 0 Å². The van der Waals surface area contributed by atoms with E-state index in [0.29, 0.717) is 11.1 Å². The predicted molar refractivity (Wildman–Crippen MR) is 64.3 cm³/mol. The average Bonchev–Trinajstić information content (AvgIpc) is 2.15. The van der Waals surface area contributed by atoms with Crippen molar-refractivity contribution in [2.75, 3.05) is 13.6 Å². The molecule has 0 radical (unpaired) electrons. The minimum absolute atomic E-state index is 0.0613. The Morgan fingerprint density at radius 1 is 1.56 bits per heavy atom. The van der Waals surface area contributed by atoms with Crippen LogP contribution in [0.1, 0.15) is 18.4 Å². The van der Waals surface area contributed by atoms with E-state index < -0.39 is 0 Å². The zero-order valence-corrected chi connectivity index (χ0v) is 10.2. The number of pyridine rings is 1. The number of nitrogens with zero attached hydrogens (tertiary/aromatic N) is 2. The van der Waals surface area contributed by atoms with Gasteiger partial charge in [-0.05, 0) is 43.5 Å². The highest BCUT2D eigenvalue weighted by atomic mass is 35.5. The van der Waals surface area contributed by atoms with Crippen LogP contribution in [0, 0.1) is 5.92 Å². The second-order valence-electron chi connectivity index (χ2n) is 4.67. The first-order valence-corrected chi connectivity index (χ1v) is 5.98. The van der Waals surface area contributed by atoms with E-state index in [9.17, 15) is 5.11 Å². The molecule has 1 aliphatic rings. The van der Waals surface area contributed by atoms with Crippen LogP contribution < -0.4 is 0 Å². The van der Waals surface area contributed by atoms with E-state index in [4.69, 9.17) is 11.6 Å². The highest BCUT2D eigenvalue weighted by Crippen LogP contribution is 2.27. The second kappa shape index (κ2) is 5.13. The van der Waals surface area contributed by atoms with Crippen LogP contribution in [-0.4, -0.2) is 34.7 Å². The largest absolute Gasteiger partial charge is 0.393 e. The monoisotopic (exact) mass is 240 g/mol. The predicted octanol–water partition coefficient (Wildman–Crippen LogP) is 1.94. The molecule has 4 heteroatoms. The summed E-state index contributed by atoms with van der Waals surface area (Å²) in [6, 6.07) is 3.88. The van der Waals surface area contributed by atoms with E-state index in [-0.39, 0.29) is 6.10 Å². The number of hydrogen-bond donors (Lipinski definition) is 1. The van der Waals surface area contributed by atoms with E-state index in [0.717, 1.165) is 25.9 Å². The molecule has 1 aromatic heterocycles. The lowest BCUT2D eigenvalue weighted by Gasteiger charge is -2.34. The fourth-order valence-corrected chi connectivity index (χ4v) is 2.40. The van der Waals surface area contributed by atoms with Crippen molar-refractivity contribution in [3.63, 3.8) is 0 Å². The first kappa shape index (κ1) is 11.8. The van der Waals surface area contributed by atoms with Gasteiger partial charge in [-0.15, -0.1) is 0 Å². The molecule has 0 unspecified atom stereocenters. The lowest BCUT2D eigenvalue weighted by atomic mass is 9.82.